The van der Waals surface area contributed by atoms with Crippen molar-refractivity contribution in [1.29, 1.82) is 0 Å². The summed E-state index contributed by atoms with van der Waals surface area (Å²) in [7, 11) is 0. The zero-order valence-electron chi connectivity index (χ0n) is 9.35. The molecule has 2 N–H and O–H groups in total. The quantitative estimate of drug-likeness (QED) is 0.689. The second kappa shape index (κ2) is 3.74. The molecule has 3 aromatic rings. The van der Waals surface area contributed by atoms with Crippen LogP contribution in [0.15, 0.2) is 35.0 Å². The highest BCUT2D eigenvalue weighted by molar-refractivity contribution is 5.77. The molecule has 0 fully saturated rings. The summed E-state index contributed by atoms with van der Waals surface area (Å²) in [6, 6.07) is 4.74. The van der Waals surface area contributed by atoms with Gasteiger partial charge in [-0.25, -0.2) is 0 Å². The van der Waals surface area contributed by atoms with Gasteiger partial charge in [-0.3, -0.25) is 0 Å². The van der Waals surface area contributed by atoms with Gasteiger partial charge in [-0.1, -0.05) is 0 Å². The minimum absolute atomic E-state index is 0.0453. The maximum absolute atomic E-state index is 12.5. The summed E-state index contributed by atoms with van der Waals surface area (Å²) in [5, 5.41) is 3.58. The van der Waals surface area contributed by atoms with Crippen LogP contribution in [0.2, 0.25) is 0 Å². The van der Waals surface area contributed by atoms with Crippen LogP contribution >= 0.6 is 0 Å². The smallest absolute Gasteiger partial charge is 0.419 e. The zero-order chi connectivity index (χ0) is 13.6. The highest BCUT2D eigenvalue weighted by atomic mass is 19.4. The first-order valence-electron chi connectivity index (χ1n) is 5.22. The minimum atomic E-state index is -4.45. The third-order valence-electron chi connectivity index (χ3n) is 2.51. The van der Waals surface area contributed by atoms with Crippen LogP contribution < -0.4 is 5.73 Å². The number of hydrogen-bond donors (Lipinski definition) is 1. The van der Waals surface area contributed by atoms with Gasteiger partial charge in [-0.05, 0) is 12.1 Å². The van der Waals surface area contributed by atoms with Crippen molar-refractivity contribution in [1.82, 2.24) is 14.8 Å². The van der Waals surface area contributed by atoms with Gasteiger partial charge in [0, 0.05) is 18.0 Å². The second-order valence-corrected chi connectivity index (χ2v) is 3.89. The summed E-state index contributed by atoms with van der Waals surface area (Å²) in [5.41, 5.74) is 6.07. The Morgan fingerprint density at radius 1 is 1.26 bits per heavy atom. The van der Waals surface area contributed by atoms with Crippen molar-refractivity contribution < 1.29 is 17.6 Å². The SMILES string of the molecule is Nc1ccc2nc(-n3cc(C(F)(F)F)cn3)oc2c1. The second-order valence-electron chi connectivity index (χ2n) is 3.89. The third-order valence-corrected chi connectivity index (χ3v) is 2.51. The summed E-state index contributed by atoms with van der Waals surface area (Å²) in [4.78, 5) is 4.03. The molecule has 1 aromatic carbocycles. The summed E-state index contributed by atoms with van der Waals surface area (Å²) in [6.07, 6.45) is -2.92. The number of aromatic nitrogens is 3. The number of nitrogen functional groups attached to an aromatic ring is 1. The van der Waals surface area contributed by atoms with E-state index in [1.807, 2.05) is 0 Å². The van der Waals surface area contributed by atoms with E-state index in [2.05, 4.69) is 10.1 Å². The normalized spacial score (nSPS) is 12.2. The molecule has 0 unspecified atom stereocenters. The monoisotopic (exact) mass is 268 g/mol. The number of halogens is 3. The molecule has 0 saturated heterocycles. The summed E-state index contributed by atoms with van der Waals surface area (Å²) >= 11 is 0. The molecule has 0 aliphatic rings. The number of nitrogens with zero attached hydrogens (tertiary/aromatic N) is 3. The number of oxazole rings is 1. The van der Waals surface area contributed by atoms with Gasteiger partial charge in [0.1, 0.15) is 5.52 Å². The molecule has 19 heavy (non-hydrogen) atoms. The molecular weight excluding hydrogens is 261 g/mol. The molecule has 2 heterocycles. The maximum Gasteiger partial charge on any atom is 0.419 e. The predicted molar refractivity (Wildman–Crippen MR) is 60.5 cm³/mol. The highest BCUT2D eigenvalue weighted by Gasteiger charge is 2.32. The van der Waals surface area contributed by atoms with E-state index in [0.717, 1.165) is 10.9 Å². The average Bonchev–Trinajstić information content (AvgIpc) is 2.92. The van der Waals surface area contributed by atoms with Crippen LogP contribution in [0.5, 0.6) is 0 Å². The van der Waals surface area contributed by atoms with Crippen molar-refractivity contribution in [2.45, 2.75) is 6.18 Å². The molecule has 98 valence electrons. The molecule has 0 spiro atoms. The molecule has 0 bridgehead atoms. The van der Waals surface area contributed by atoms with E-state index in [1.54, 1.807) is 18.2 Å². The molecule has 0 atom stereocenters. The predicted octanol–water partition coefficient (Wildman–Crippen LogP) is 2.61. The number of nitrogens with two attached hydrogens (primary N) is 1. The van der Waals surface area contributed by atoms with Gasteiger partial charge in [-0.2, -0.15) is 27.9 Å². The standard InChI is InChI=1S/C11H7F3N4O/c12-11(13,14)6-4-16-18(5-6)10-17-8-2-1-7(15)3-9(8)19-10/h1-5H,15H2. The molecule has 3 rings (SSSR count). The zero-order valence-corrected chi connectivity index (χ0v) is 9.35. The number of anilines is 1. The fraction of sp³-hybridized carbons (Fsp3) is 0.0909. The van der Waals surface area contributed by atoms with Crippen molar-refractivity contribution in [2.24, 2.45) is 0 Å². The molecular formula is C11H7F3N4O. The Balaban J connectivity index is 2.07. The molecule has 0 saturated carbocycles. The lowest BCUT2D eigenvalue weighted by molar-refractivity contribution is -0.137. The van der Waals surface area contributed by atoms with Gasteiger partial charge < -0.3 is 10.2 Å². The first-order chi connectivity index (χ1) is 8.93. The van der Waals surface area contributed by atoms with Crippen LogP contribution in [-0.2, 0) is 6.18 Å². The largest absolute Gasteiger partial charge is 0.422 e. The molecule has 5 nitrogen and oxygen atoms in total. The van der Waals surface area contributed by atoms with Crippen molar-refractivity contribution in [3.05, 3.63) is 36.2 Å². The van der Waals surface area contributed by atoms with Crippen molar-refractivity contribution in [3.63, 3.8) is 0 Å². The van der Waals surface area contributed by atoms with E-state index < -0.39 is 11.7 Å². The van der Waals surface area contributed by atoms with Crippen LogP contribution in [-0.4, -0.2) is 14.8 Å². The average molecular weight is 268 g/mol. The van der Waals surface area contributed by atoms with Crippen molar-refractivity contribution >= 4 is 16.8 Å². The molecule has 8 heteroatoms. The van der Waals surface area contributed by atoms with Gasteiger partial charge in [0.15, 0.2) is 5.58 Å². The van der Waals surface area contributed by atoms with E-state index in [-0.39, 0.29) is 6.01 Å². The Hall–Kier alpha value is -2.51. The summed E-state index contributed by atoms with van der Waals surface area (Å²) in [5.74, 6) is 0. The molecule has 0 amide bonds. The van der Waals surface area contributed by atoms with Gasteiger partial charge in [0.2, 0.25) is 0 Å². The van der Waals surface area contributed by atoms with Gasteiger partial charge in [0.25, 0.3) is 0 Å². The van der Waals surface area contributed by atoms with Crippen molar-refractivity contribution in [2.75, 3.05) is 5.73 Å². The number of fused-ring (bicyclic) bond motifs is 1. The van der Waals surface area contributed by atoms with Crippen LogP contribution in [0.1, 0.15) is 5.56 Å². The van der Waals surface area contributed by atoms with Crippen LogP contribution in [0.3, 0.4) is 0 Å². The number of benzene rings is 1. The number of rotatable bonds is 1. The fourth-order valence-corrected chi connectivity index (χ4v) is 1.60. The molecule has 0 aliphatic heterocycles. The Bertz CT molecular complexity index is 744. The minimum Gasteiger partial charge on any atom is -0.422 e. The molecule has 0 radical (unpaired) electrons. The highest BCUT2D eigenvalue weighted by Crippen LogP contribution is 2.29. The van der Waals surface area contributed by atoms with Crippen molar-refractivity contribution in [3.8, 4) is 6.01 Å². The van der Waals surface area contributed by atoms with E-state index >= 15 is 0 Å². The Labute approximate surface area is 104 Å². The Morgan fingerprint density at radius 3 is 2.74 bits per heavy atom. The topological polar surface area (TPSA) is 69.9 Å². The van der Waals surface area contributed by atoms with E-state index in [9.17, 15) is 13.2 Å². The van der Waals surface area contributed by atoms with Gasteiger partial charge in [-0.15, -0.1) is 0 Å². The lowest BCUT2D eigenvalue weighted by atomic mass is 10.3. The Kier molecular flexibility index (Phi) is 2.28. The lowest BCUT2D eigenvalue weighted by Gasteiger charge is -1.99. The first-order valence-corrected chi connectivity index (χ1v) is 5.22. The Morgan fingerprint density at radius 2 is 2.05 bits per heavy atom. The van der Waals surface area contributed by atoms with E-state index in [1.165, 1.54) is 0 Å². The fourth-order valence-electron chi connectivity index (χ4n) is 1.60. The lowest BCUT2D eigenvalue weighted by Crippen LogP contribution is -2.03. The van der Waals surface area contributed by atoms with Gasteiger partial charge in [0.05, 0.1) is 11.8 Å². The van der Waals surface area contributed by atoms with Crippen LogP contribution in [0.25, 0.3) is 17.1 Å². The number of hydrogen-bond acceptors (Lipinski definition) is 4. The van der Waals surface area contributed by atoms with Crippen LogP contribution in [0.4, 0.5) is 18.9 Å². The molecule has 2 aromatic heterocycles. The van der Waals surface area contributed by atoms with Crippen LogP contribution in [0, 0.1) is 0 Å². The third kappa shape index (κ3) is 2.01. The maximum atomic E-state index is 12.5. The number of alkyl halides is 3. The summed E-state index contributed by atoms with van der Waals surface area (Å²) < 4.78 is 43.6. The summed E-state index contributed by atoms with van der Waals surface area (Å²) in [6.45, 7) is 0. The van der Waals surface area contributed by atoms with E-state index in [0.29, 0.717) is 23.0 Å². The molecule has 0 aliphatic carbocycles. The van der Waals surface area contributed by atoms with E-state index in [4.69, 9.17) is 10.2 Å². The first kappa shape index (κ1) is 11.6. The van der Waals surface area contributed by atoms with Gasteiger partial charge >= 0.3 is 12.2 Å².